The molecule has 6 rings (SSSR count). The molecular formula is C30H30O6. The molecule has 6 nitrogen and oxygen atoms in total. The number of hydrogen-bond donors (Lipinski definition) is 0. The summed E-state index contributed by atoms with van der Waals surface area (Å²) in [5.74, 6) is 3.56. The molecule has 186 valence electrons. The largest absolute Gasteiger partial charge is 0.493 e. The Kier molecular flexibility index (Phi) is 5.56. The molecule has 0 spiro atoms. The van der Waals surface area contributed by atoms with Gasteiger partial charge in [-0.05, 0) is 49.8 Å². The normalized spacial score (nSPS) is 22.5. The van der Waals surface area contributed by atoms with Gasteiger partial charge in [0.15, 0.2) is 11.5 Å². The van der Waals surface area contributed by atoms with Gasteiger partial charge in [-0.25, -0.2) is 0 Å². The number of fused-ring (bicyclic) bond motifs is 6. The van der Waals surface area contributed by atoms with Gasteiger partial charge in [-0.1, -0.05) is 30.3 Å². The van der Waals surface area contributed by atoms with Gasteiger partial charge in [0.05, 0.1) is 38.4 Å². The number of benzene rings is 3. The summed E-state index contributed by atoms with van der Waals surface area (Å²) in [6.07, 6.45) is 3.67. The maximum absolute atomic E-state index is 6.71. The SMILES string of the molecule is COc1cc2c(cc1OC)[C@H]1C(CO2)Oc2c(ccc3c2C=CC(C)(C)O3)[C@H]1OCc1ccccc1. The van der Waals surface area contributed by atoms with Gasteiger partial charge in [-0.2, -0.15) is 0 Å². The van der Waals surface area contributed by atoms with E-state index in [2.05, 4.69) is 30.4 Å². The molecule has 0 amide bonds. The molecule has 3 atom stereocenters. The van der Waals surface area contributed by atoms with Gasteiger partial charge in [-0.15, -0.1) is 0 Å². The van der Waals surface area contributed by atoms with Crippen molar-refractivity contribution in [1.29, 1.82) is 0 Å². The Balaban J connectivity index is 1.46. The zero-order valence-electron chi connectivity index (χ0n) is 20.9. The van der Waals surface area contributed by atoms with Gasteiger partial charge in [-0.3, -0.25) is 0 Å². The van der Waals surface area contributed by atoms with E-state index >= 15 is 0 Å². The predicted molar refractivity (Wildman–Crippen MR) is 136 cm³/mol. The highest BCUT2D eigenvalue weighted by molar-refractivity contribution is 5.70. The van der Waals surface area contributed by atoms with Crippen molar-refractivity contribution < 1.29 is 28.4 Å². The minimum atomic E-state index is -0.371. The molecule has 0 bridgehead atoms. The quantitative estimate of drug-likeness (QED) is 0.436. The van der Waals surface area contributed by atoms with Crippen LogP contribution >= 0.6 is 0 Å². The fraction of sp³-hybridized carbons (Fsp3) is 0.333. The first-order valence-electron chi connectivity index (χ1n) is 12.2. The minimum Gasteiger partial charge on any atom is -0.493 e. The summed E-state index contributed by atoms with van der Waals surface area (Å²) in [7, 11) is 3.27. The molecule has 3 heterocycles. The summed E-state index contributed by atoms with van der Waals surface area (Å²) in [6.45, 7) is 4.97. The van der Waals surface area contributed by atoms with Crippen LogP contribution < -0.4 is 23.7 Å². The molecule has 1 unspecified atom stereocenters. The Labute approximate surface area is 211 Å². The van der Waals surface area contributed by atoms with Crippen LogP contribution in [0.4, 0.5) is 0 Å². The van der Waals surface area contributed by atoms with Crippen LogP contribution in [-0.2, 0) is 11.3 Å². The van der Waals surface area contributed by atoms with Crippen molar-refractivity contribution in [2.45, 2.75) is 44.2 Å². The standard InChI is InChI=1S/C30H30O6/c1-30(2)13-12-19-22(36-30)11-10-20-28(19)35-26-17-33-23-15-25(32-4)24(31-3)14-21(23)27(26)29(20)34-16-18-8-6-5-7-9-18/h5-15,26-27,29H,16-17H2,1-4H3/t26?,27-,29+/m0/s1. The van der Waals surface area contributed by atoms with E-state index in [1.54, 1.807) is 14.2 Å². The van der Waals surface area contributed by atoms with Crippen molar-refractivity contribution in [3.05, 3.63) is 82.9 Å². The number of rotatable bonds is 5. The fourth-order valence-electron chi connectivity index (χ4n) is 5.30. The summed E-state index contributed by atoms with van der Waals surface area (Å²) < 4.78 is 36.9. The Morgan fingerprint density at radius 1 is 0.917 bits per heavy atom. The van der Waals surface area contributed by atoms with Crippen molar-refractivity contribution >= 4 is 6.08 Å². The third-order valence-electron chi connectivity index (χ3n) is 7.06. The zero-order chi connectivity index (χ0) is 24.9. The summed E-state index contributed by atoms with van der Waals surface area (Å²) >= 11 is 0. The average Bonchev–Trinajstić information content (AvgIpc) is 2.89. The third-order valence-corrected chi connectivity index (χ3v) is 7.06. The van der Waals surface area contributed by atoms with Crippen LogP contribution in [0.1, 0.15) is 48.1 Å². The van der Waals surface area contributed by atoms with E-state index in [4.69, 9.17) is 28.4 Å². The fourth-order valence-corrected chi connectivity index (χ4v) is 5.30. The predicted octanol–water partition coefficient (Wildman–Crippen LogP) is 6.08. The van der Waals surface area contributed by atoms with Crippen LogP contribution in [0, 0.1) is 0 Å². The van der Waals surface area contributed by atoms with Crippen LogP contribution in [0.15, 0.2) is 60.7 Å². The molecule has 0 saturated heterocycles. The number of hydrogen-bond acceptors (Lipinski definition) is 6. The summed E-state index contributed by atoms with van der Waals surface area (Å²) in [5, 5.41) is 0. The molecule has 0 aliphatic carbocycles. The molecule has 3 aliphatic heterocycles. The van der Waals surface area contributed by atoms with E-state index in [-0.39, 0.29) is 23.7 Å². The maximum atomic E-state index is 6.71. The minimum absolute atomic E-state index is 0.0900. The average molecular weight is 487 g/mol. The first-order valence-corrected chi connectivity index (χ1v) is 12.2. The zero-order valence-corrected chi connectivity index (χ0v) is 20.9. The lowest BCUT2D eigenvalue weighted by Gasteiger charge is -2.44. The first kappa shape index (κ1) is 22.8. The van der Waals surface area contributed by atoms with E-state index in [0.717, 1.165) is 39.5 Å². The second-order valence-electron chi connectivity index (χ2n) is 9.89. The van der Waals surface area contributed by atoms with Crippen LogP contribution in [0.2, 0.25) is 0 Å². The van der Waals surface area contributed by atoms with Gasteiger partial charge in [0.25, 0.3) is 0 Å². The highest BCUT2D eigenvalue weighted by atomic mass is 16.6. The van der Waals surface area contributed by atoms with Gasteiger partial charge in [0.1, 0.15) is 35.6 Å². The lowest BCUT2D eigenvalue weighted by molar-refractivity contribution is -0.0478. The summed E-state index contributed by atoms with van der Waals surface area (Å²) in [6, 6.07) is 18.2. The first-order chi connectivity index (χ1) is 17.5. The molecule has 0 N–H and O–H groups in total. The monoisotopic (exact) mass is 486 g/mol. The summed E-state index contributed by atoms with van der Waals surface area (Å²) in [5.41, 5.74) is 3.67. The molecule has 0 saturated carbocycles. The smallest absolute Gasteiger partial charge is 0.164 e. The van der Waals surface area contributed by atoms with Crippen molar-refractivity contribution in [3.63, 3.8) is 0 Å². The lowest BCUT2D eigenvalue weighted by atomic mass is 9.79. The van der Waals surface area contributed by atoms with E-state index in [1.807, 2.05) is 50.2 Å². The van der Waals surface area contributed by atoms with Crippen molar-refractivity contribution in [1.82, 2.24) is 0 Å². The van der Waals surface area contributed by atoms with Crippen molar-refractivity contribution in [3.8, 4) is 28.7 Å². The molecule has 6 heteroatoms. The van der Waals surface area contributed by atoms with Gasteiger partial charge >= 0.3 is 0 Å². The third kappa shape index (κ3) is 3.86. The van der Waals surface area contributed by atoms with E-state index in [1.165, 1.54) is 0 Å². The van der Waals surface area contributed by atoms with Crippen LogP contribution in [0.3, 0.4) is 0 Å². The number of methoxy groups -OCH3 is 2. The molecule has 36 heavy (non-hydrogen) atoms. The Morgan fingerprint density at radius 2 is 1.69 bits per heavy atom. The molecule has 0 aromatic heterocycles. The van der Waals surface area contributed by atoms with E-state index in [0.29, 0.717) is 24.7 Å². The Bertz CT molecular complexity index is 1310. The van der Waals surface area contributed by atoms with Crippen molar-refractivity contribution in [2.75, 3.05) is 20.8 Å². The van der Waals surface area contributed by atoms with Crippen LogP contribution in [0.5, 0.6) is 28.7 Å². The topological polar surface area (TPSA) is 55.4 Å². The molecule has 0 fully saturated rings. The lowest BCUT2D eigenvalue weighted by Crippen LogP contribution is -2.43. The van der Waals surface area contributed by atoms with Gasteiger partial charge < -0.3 is 28.4 Å². The molecule has 3 aliphatic rings. The second-order valence-corrected chi connectivity index (χ2v) is 9.89. The van der Waals surface area contributed by atoms with Crippen LogP contribution in [-0.4, -0.2) is 32.5 Å². The molecular weight excluding hydrogens is 456 g/mol. The van der Waals surface area contributed by atoms with Crippen molar-refractivity contribution in [2.24, 2.45) is 0 Å². The van der Waals surface area contributed by atoms with E-state index in [9.17, 15) is 0 Å². The highest BCUT2D eigenvalue weighted by Crippen LogP contribution is 2.55. The second kappa shape index (κ2) is 8.79. The van der Waals surface area contributed by atoms with Crippen LogP contribution in [0.25, 0.3) is 6.08 Å². The Morgan fingerprint density at radius 3 is 2.47 bits per heavy atom. The van der Waals surface area contributed by atoms with Gasteiger partial charge in [0.2, 0.25) is 0 Å². The molecule has 0 radical (unpaired) electrons. The highest BCUT2D eigenvalue weighted by Gasteiger charge is 2.46. The van der Waals surface area contributed by atoms with E-state index < -0.39 is 0 Å². The number of ether oxygens (including phenoxy) is 6. The molecule has 3 aromatic rings. The maximum Gasteiger partial charge on any atom is 0.164 e. The van der Waals surface area contributed by atoms with Gasteiger partial charge in [0, 0.05) is 17.2 Å². The Hall–Kier alpha value is -3.64. The molecule has 3 aromatic carbocycles. The summed E-state index contributed by atoms with van der Waals surface area (Å²) in [4.78, 5) is 0.